The average molecular weight is 202 g/mol. The molecule has 15 heavy (non-hydrogen) atoms. The Morgan fingerprint density at radius 1 is 1.40 bits per heavy atom. The van der Waals surface area contributed by atoms with Crippen LogP contribution in [0.2, 0.25) is 0 Å². The van der Waals surface area contributed by atoms with Gasteiger partial charge >= 0.3 is 0 Å². The van der Waals surface area contributed by atoms with E-state index in [9.17, 15) is 4.39 Å². The topological polar surface area (TPSA) is 67.8 Å². The van der Waals surface area contributed by atoms with Crippen molar-refractivity contribution in [3.05, 3.63) is 41.2 Å². The van der Waals surface area contributed by atoms with Crippen molar-refractivity contribution in [3.8, 4) is 12.1 Å². The van der Waals surface area contributed by atoms with E-state index >= 15 is 0 Å². The molecule has 0 aliphatic rings. The van der Waals surface area contributed by atoms with Crippen molar-refractivity contribution < 1.29 is 9.50 Å². The number of hydrogen-bond donors (Lipinski definition) is 1. The number of nitriles is 2. The molecule has 74 valence electrons. The third-order valence-electron chi connectivity index (χ3n) is 1.76. The third-order valence-corrected chi connectivity index (χ3v) is 1.76. The van der Waals surface area contributed by atoms with Crippen molar-refractivity contribution in [3.63, 3.8) is 0 Å². The van der Waals surface area contributed by atoms with Crippen LogP contribution in [0.25, 0.3) is 6.08 Å². The number of benzene rings is 1. The van der Waals surface area contributed by atoms with Crippen LogP contribution in [0.1, 0.15) is 5.56 Å². The lowest BCUT2D eigenvalue weighted by Gasteiger charge is -2.00. The molecule has 0 spiro atoms. The fourth-order valence-corrected chi connectivity index (χ4v) is 1.00. The first-order valence-corrected chi connectivity index (χ1v) is 4.13. The normalized spacial score (nSPS) is 12.7. The zero-order valence-electron chi connectivity index (χ0n) is 7.68. The number of aliphatic hydroxyl groups excluding tert-OH is 1. The maximum absolute atomic E-state index is 13.1. The summed E-state index contributed by atoms with van der Waals surface area (Å²) in [6.07, 6.45) is -0.363. The fraction of sp³-hybridized carbons (Fsp3) is 0.0909. The summed E-state index contributed by atoms with van der Waals surface area (Å²) in [7, 11) is 0. The van der Waals surface area contributed by atoms with Crippen LogP contribution in [0.3, 0.4) is 0 Å². The van der Waals surface area contributed by atoms with Crippen molar-refractivity contribution in [2.24, 2.45) is 0 Å². The van der Waals surface area contributed by atoms with E-state index in [1.807, 2.05) is 0 Å². The van der Waals surface area contributed by atoms with Gasteiger partial charge < -0.3 is 5.11 Å². The average Bonchev–Trinajstić information content (AvgIpc) is 2.27. The number of rotatable bonds is 2. The number of hydrogen-bond acceptors (Lipinski definition) is 3. The van der Waals surface area contributed by atoms with Gasteiger partial charge in [0.25, 0.3) is 0 Å². The predicted octanol–water partition coefficient (Wildman–Crippen LogP) is 1.62. The van der Waals surface area contributed by atoms with E-state index in [-0.39, 0.29) is 11.1 Å². The van der Waals surface area contributed by atoms with Crippen LogP contribution in [0, 0.1) is 28.5 Å². The van der Waals surface area contributed by atoms with Crippen LogP contribution in [-0.4, -0.2) is 11.2 Å². The molecule has 0 bridgehead atoms. The first-order valence-electron chi connectivity index (χ1n) is 4.13. The highest BCUT2D eigenvalue weighted by Crippen LogP contribution is 2.12. The van der Waals surface area contributed by atoms with Gasteiger partial charge in [-0.2, -0.15) is 10.5 Å². The van der Waals surface area contributed by atoms with Crippen LogP contribution in [0.15, 0.2) is 29.8 Å². The highest BCUT2D eigenvalue weighted by atomic mass is 19.1. The predicted molar refractivity (Wildman–Crippen MR) is 51.6 cm³/mol. The Morgan fingerprint density at radius 2 is 2.07 bits per heavy atom. The Bertz CT molecular complexity index is 468. The van der Waals surface area contributed by atoms with Gasteiger partial charge in [-0.1, -0.05) is 18.2 Å². The lowest BCUT2D eigenvalue weighted by atomic mass is 10.1. The van der Waals surface area contributed by atoms with Crippen molar-refractivity contribution in [1.82, 2.24) is 0 Å². The molecule has 0 amide bonds. The molecule has 3 nitrogen and oxygen atoms in total. The van der Waals surface area contributed by atoms with Gasteiger partial charge in [-0.05, 0) is 12.1 Å². The van der Waals surface area contributed by atoms with Gasteiger partial charge in [0, 0.05) is 5.56 Å². The second-order valence-corrected chi connectivity index (χ2v) is 2.76. The number of nitrogens with zero attached hydrogens (tertiary/aromatic N) is 2. The van der Waals surface area contributed by atoms with Crippen LogP contribution in [0.4, 0.5) is 4.39 Å². The lowest BCUT2D eigenvalue weighted by Crippen LogP contribution is -2.05. The molecule has 0 aliphatic heterocycles. The smallest absolute Gasteiger partial charge is 0.175 e. The molecule has 1 N–H and O–H groups in total. The lowest BCUT2D eigenvalue weighted by molar-refractivity contribution is 0.271. The summed E-state index contributed by atoms with van der Waals surface area (Å²) in [6.45, 7) is 0. The van der Waals surface area contributed by atoms with E-state index in [0.29, 0.717) is 0 Å². The molecule has 4 heteroatoms. The van der Waals surface area contributed by atoms with Gasteiger partial charge in [0.1, 0.15) is 5.82 Å². The summed E-state index contributed by atoms with van der Waals surface area (Å²) in [5.74, 6) is -0.504. The minimum absolute atomic E-state index is 0.170. The summed E-state index contributed by atoms with van der Waals surface area (Å²) in [5.41, 5.74) is -0.00838. The molecule has 1 aromatic rings. The van der Waals surface area contributed by atoms with E-state index in [4.69, 9.17) is 15.6 Å². The summed E-state index contributed by atoms with van der Waals surface area (Å²) in [4.78, 5) is 0. The second-order valence-electron chi connectivity index (χ2n) is 2.76. The van der Waals surface area contributed by atoms with Gasteiger partial charge in [0.15, 0.2) is 6.10 Å². The van der Waals surface area contributed by atoms with Gasteiger partial charge in [0.2, 0.25) is 0 Å². The first-order chi connectivity index (χ1) is 7.19. The van der Waals surface area contributed by atoms with Crippen LogP contribution in [-0.2, 0) is 0 Å². The second kappa shape index (κ2) is 4.90. The maximum Gasteiger partial charge on any atom is 0.175 e. The van der Waals surface area contributed by atoms with Crippen molar-refractivity contribution in [2.45, 2.75) is 6.10 Å². The molecule has 0 saturated heterocycles. The Morgan fingerprint density at radius 3 is 2.60 bits per heavy atom. The quantitative estimate of drug-likeness (QED) is 0.585. The highest BCUT2D eigenvalue weighted by Gasteiger charge is 2.09. The summed E-state index contributed by atoms with van der Waals surface area (Å²) in [6, 6.07) is 8.95. The van der Waals surface area contributed by atoms with E-state index in [1.165, 1.54) is 24.3 Å². The van der Waals surface area contributed by atoms with Crippen molar-refractivity contribution in [1.29, 1.82) is 10.5 Å². The van der Waals surface area contributed by atoms with Crippen molar-refractivity contribution >= 4 is 6.08 Å². The van der Waals surface area contributed by atoms with Gasteiger partial charge in [-0.3, -0.25) is 0 Å². The van der Waals surface area contributed by atoms with Gasteiger partial charge in [-0.25, -0.2) is 4.39 Å². The molecule has 1 unspecified atom stereocenters. The van der Waals surface area contributed by atoms with Gasteiger partial charge in [-0.15, -0.1) is 0 Å². The molecule has 0 radical (unpaired) electrons. The minimum atomic E-state index is -1.52. The van der Waals surface area contributed by atoms with E-state index in [0.717, 1.165) is 6.08 Å². The summed E-state index contributed by atoms with van der Waals surface area (Å²) >= 11 is 0. The SMILES string of the molecule is N#CC(=Cc1ccccc1F)C(O)C#N. The zero-order chi connectivity index (χ0) is 11.3. The monoisotopic (exact) mass is 202 g/mol. The molecule has 0 saturated carbocycles. The molecular formula is C11H7FN2O. The molecular weight excluding hydrogens is 195 g/mol. The number of aliphatic hydroxyl groups is 1. The summed E-state index contributed by atoms with van der Waals surface area (Å²) < 4.78 is 13.1. The Labute approximate surface area is 86.3 Å². The Kier molecular flexibility index (Phi) is 3.56. The van der Waals surface area contributed by atoms with Crippen LogP contribution >= 0.6 is 0 Å². The van der Waals surface area contributed by atoms with E-state index in [1.54, 1.807) is 12.1 Å². The molecule has 0 fully saturated rings. The fourth-order valence-electron chi connectivity index (χ4n) is 1.00. The molecule has 0 aromatic heterocycles. The zero-order valence-corrected chi connectivity index (χ0v) is 7.68. The van der Waals surface area contributed by atoms with Crippen molar-refractivity contribution in [2.75, 3.05) is 0 Å². The van der Waals surface area contributed by atoms with E-state index < -0.39 is 11.9 Å². The number of halogens is 1. The largest absolute Gasteiger partial charge is 0.373 e. The standard InChI is InChI=1S/C11H7FN2O/c12-10-4-2-1-3-8(10)5-9(6-13)11(15)7-14/h1-5,11,15H. The van der Waals surface area contributed by atoms with Crippen LogP contribution < -0.4 is 0 Å². The molecule has 1 rings (SSSR count). The molecule has 1 atom stereocenters. The highest BCUT2D eigenvalue weighted by molar-refractivity contribution is 5.59. The minimum Gasteiger partial charge on any atom is -0.373 e. The van der Waals surface area contributed by atoms with Gasteiger partial charge in [0.05, 0.1) is 17.7 Å². The summed E-state index contributed by atoms with van der Waals surface area (Å²) in [5, 5.41) is 26.1. The Balaban J connectivity index is 3.12. The first kappa shape index (κ1) is 10.9. The van der Waals surface area contributed by atoms with E-state index in [2.05, 4.69) is 0 Å². The molecule has 1 aromatic carbocycles. The maximum atomic E-state index is 13.1. The Hall–Kier alpha value is -2.17. The molecule has 0 heterocycles. The van der Waals surface area contributed by atoms with Crippen LogP contribution in [0.5, 0.6) is 0 Å². The molecule has 0 aliphatic carbocycles. The third kappa shape index (κ3) is 2.63.